The minimum Gasteiger partial charge on any atom is -0.473 e. The second-order valence-corrected chi connectivity index (χ2v) is 16.4. The average Bonchev–Trinajstić information content (AvgIpc) is 3.76. The standard InChI is InChI=1S/C41H45ClFN7O5S/c1-44-56(52,53)26-27-6-10-36-33(20-27)30(23-46-36)12-15-45-41(51)29-8-11-38-37(21-29)47-39(50(38)18-19-54-2)24-49-16-13-28(14-17-49)35-4-3-5-40(48-35)55-25-31-7-9-32(42)22-34(31)43/h3-11,20-23,28,44,46H,12-19,24-26H2,1-2H3,(H,45,51). The number of aromatic nitrogens is 4. The molecule has 1 fully saturated rings. The maximum atomic E-state index is 14.2. The van der Waals surface area contributed by atoms with Gasteiger partial charge in [0.25, 0.3) is 5.91 Å². The number of nitrogens with one attached hydrogen (secondary N) is 3. The molecule has 15 heteroatoms. The molecule has 3 N–H and O–H groups in total. The lowest BCUT2D eigenvalue weighted by Crippen LogP contribution is -2.33. The van der Waals surface area contributed by atoms with E-state index in [1.807, 2.05) is 48.7 Å². The van der Waals surface area contributed by atoms with Crippen LogP contribution in [-0.2, 0) is 46.6 Å². The number of methoxy groups -OCH3 is 1. The van der Waals surface area contributed by atoms with E-state index < -0.39 is 15.8 Å². The van der Waals surface area contributed by atoms with Crippen molar-refractivity contribution in [3.8, 4) is 5.88 Å². The Balaban J connectivity index is 0.964. The molecule has 0 aliphatic carbocycles. The molecular weight excluding hydrogens is 757 g/mol. The first kappa shape index (κ1) is 39.4. The Hall–Kier alpha value is -4.86. The van der Waals surface area contributed by atoms with Gasteiger partial charge in [-0.25, -0.2) is 27.5 Å². The molecule has 294 valence electrons. The minimum absolute atomic E-state index is 0.0664. The van der Waals surface area contributed by atoms with Crippen molar-refractivity contribution in [2.45, 2.75) is 50.6 Å². The first-order valence-corrected chi connectivity index (χ1v) is 20.6. The van der Waals surface area contributed by atoms with Crippen molar-refractivity contribution in [1.82, 2.24) is 34.5 Å². The number of amides is 1. The number of H-pyrrole nitrogens is 1. The summed E-state index contributed by atoms with van der Waals surface area (Å²) in [6.07, 6.45) is 4.31. The van der Waals surface area contributed by atoms with Gasteiger partial charge in [-0.15, -0.1) is 0 Å². The topological polar surface area (TPSA) is 143 Å². The molecule has 1 aliphatic rings. The lowest BCUT2D eigenvalue weighted by atomic mass is 9.93. The van der Waals surface area contributed by atoms with E-state index in [9.17, 15) is 17.6 Å². The molecule has 6 aromatic rings. The molecule has 0 bridgehead atoms. The highest BCUT2D eigenvalue weighted by molar-refractivity contribution is 7.88. The number of carbonyl (C=O) groups excluding carboxylic acids is 1. The highest BCUT2D eigenvalue weighted by atomic mass is 35.5. The molecule has 1 amide bonds. The number of fused-ring (bicyclic) bond motifs is 2. The lowest BCUT2D eigenvalue weighted by Gasteiger charge is -2.31. The van der Waals surface area contributed by atoms with Crippen LogP contribution < -0.4 is 14.8 Å². The van der Waals surface area contributed by atoms with Crippen LogP contribution >= 0.6 is 11.6 Å². The molecule has 4 heterocycles. The van der Waals surface area contributed by atoms with Crippen molar-refractivity contribution in [3.63, 3.8) is 0 Å². The normalized spacial score (nSPS) is 14.1. The van der Waals surface area contributed by atoms with Crippen molar-refractivity contribution in [2.75, 3.05) is 40.4 Å². The number of benzene rings is 3. The molecule has 0 spiro atoms. The second kappa shape index (κ2) is 17.5. The van der Waals surface area contributed by atoms with E-state index in [4.69, 9.17) is 31.0 Å². The Morgan fingerprint density at radius 1 is 1.04 bits per heavy atom. The number of likely N-dealkylation sites (tertiary alicyclic amines) is 1. The average molecular weight is 802 g/mol. The van der Waals surface area contributed by atoms with Gasteiger partial charge in [0.15, 0.2) is 0 Å². The third-order valence-corrected chi connectivity index (χ3v) is 11.9. The number of rotatable bonds is 16. The number of nitrogens with zero attached hydrogens (tertiary/aromatic N) is 4. The molecule has 0 atom stereocenters. The fourth-order valence-electron chi connectivity index (χ4n) is 7.22. The number of imidazole rings is 1. The lowest BCUT2D eigenvalue weighted by molar-refractivity contribution is 0.0954. The Labute approximate surface area is 330 Å². The SMILES string of the molecule is CNS(=O)(=O)Cc1ccc2[nH]cc(CCNC(=O)c3ccc4c(c3)nc(CN3CCC(c5cccc(OCc6ccc(Cl)cc6F)n5)CC3)n4CCOC)c2c1. The number of hydrogen-bond donors (Lipinski definition) is 3. The fourth-order valence-corrected chi connectivity index (χ4v) is 8.14. The number of sulfonamides is 1. The summed E-state index contributed by atoms with van der Waals surface area (Å²) in [5, 5.41) is 4.31. The van der Waals surface area contributed by atoms with E-state index in [1.165, 1.54) is 13.1 Å². The Morgan fingerprint density at radius 2 is 1.88 bits per heavy atom. The second-order valence-electron chi connectivity index (χ2n) is 14.0. The van der Waals surface area contributed by atoms with Crippen LogP contribution in [0.15, 0.2) is 79.0 Å². The predicted molar refractivity (Wildman–Crippen MR) is 215 cm³/mol. The molecule has 0 radical (unpaired) electrons. The first-order chi connectivity index (χ1) is 27.1. The monoisotopic (exact) mass is 801 g/mol. The van der Waals surface area contributed by atoms with E-state index in [-0.39, 0.29) is 24.2 Å². The quantitative estimate of drug-likeness (QED) is 0.103. The summed E-state index contributed by atoms with van der Waals surface area (Å²) in [6.45, 7) is 4.01. The van der Waals surface area contributed by atoms with E-state index in [0.29, 0.717) is 60.3 Å². The Kier molecular flexibility index (Phi) is 12.3. The Morgan fingerprint density at radius 3 is 2.66 bits per heavy atom. The molecule has 7 rings (SSSR count). The summed E-state index contributed by atoms with van der Waals surface area (Å²) < 4.78 is 54.2. The number of pyridine rings is 1. The third kappa shape index (κ3) is 9.39. The Bertz CT molecular complexity index is 2450. The zero-order valence-corrected chi connectivity index (χ0v) is 32.9. The van der Waals surface area contributed by atoms with Crippen LogP contribution in [-0.4, -0.2) is 79.1 Å². The molecule has 3 aromatic heterocycles. The van der Waals surface area contributed by atoms with Crippen LogP contribution in [0.1, 0.15) is 57.3 Å². The summed E-state index contributed by atoms with van der Waals surface area (Å²) >= 11 is 5.88. The van der Waals surface area contributed by atoms with Crippen LogP contribution in [0.3, 0.4) is 0 Å². The number of aromatic amines is 1. The van der Waals surface area contributed by atoms with Gasteiger partial charge in [-0.2, -0.15) is 0 Å². The highest BCUT2D eigenvalue weighted by Crippen LogP contribution is 2.30. The van der Waals surface area contributed by atoms with Crippen LogP contribution in [0.5, 0.6) is 5.88 Å². The van der Waals surface area contributed by atoms with E-state index in [2.05, 4.69) is 24.5 Å². The van der Waals surface area contributed by atoms with Crippen molar-refractivity contribution in [2.24, 2.45) is 0 Å². The summed E-state index contributed by atoms with van der Waals surface area (Å²) in [4.78, 5) is 28.7. The molecular formula is C41H45ClFN7O5S. The first-order valence-electron chi connectivity index (χ1n) is 18.6. The predicted octanol–water partition coefficient (Wildman–Crippen LogP) is 6.33. The molecule has 12 nitrogen and oxygen atoms in total. The smallest absolute Gasteiger partial charge is 0.251 e. The van der Waals surface area contributed by atoms with Gasteiger partial charge < -0.3 is 24.3 Å². The van der Waals surface area contributed by atoms with E-state index in [0.717, 1.165) is 64.9 Å². The van der Waals surface area contributed by atoms with Crippen LogP contribution in [0.2, 0.25) is 5.02 Å². The highest BCUT2D eigenvalue weighted by Gasteiger charge is 2.24. The van der Waals surface area contributed by atoms with Crippen molar-refractivity contribution in [3.05, 3.63) is 124 Å². The van der Waals surface area contributed by atoms with Gasteiger partial charge in [0.2, 0.25) is 15.9 Å². The zero-order valence-electron chi connectivity index (χ0n) is 31.4. The summed E-state index contributed by atoms with van der Waals surface area (Å²) in [5.41, 5.74) is 6.19. The molecule has 0 saturated carbocycles. The van der Waals surface area contributed by atoms with Crippen LogP contribution in [0.4, 0.5) is 4.39 Å². The van der Waals surface area contributed by atoms with E-state index >= 15 is 0 Å². The third-order valence-electron chi connectivity index (χ3n) is 10.3. The van der Waals surface area contributed by atoms with Crippen molar-refractivity contribution < 1.29 is 27.1 Å². The molecule has 1 saturated heterocycles. The molecule has 1 aliphatic heterocycles. The van der Waals surface area contributed by atoms with E-state index in [1.54, 1.807) is 31.4 Å². The zero-order chi connectivity index (χ0) is 39.2. The van der Waals surface area contributed by atoms with Gasteiger partial charge in [-0.3, -0.25) is 9.69 Å². The van der Waals surface area contributed by atoms with Gasteiger partial charge in [-0.05, 0) is 99.1 Å². The van der Waals surface area contributed by atoms with Gasteiger partial charge in [0.1, 0.15) is 18.2 Å². The van der Waals surface area contributed by atoms with Gasteiger partial charge in [0.05, 0.1) is 29.9 Å². The minimum atomic E-state index is -3.40. The summed E-state index contributed by atoms with van der Waals surface area (Å²) in [6, 6.07) is 21.5. The van der Waals surface area contributed by atoms with Gasteiger partial charge in [0, 0.05) is 71.1 Å². The number of halogens is 2. The largest absolute Gasteiger partial charge is 0.473 e. The van der Waals surface area contributed by atoms with Crippen molar-refractivity contribution in [1.29, 1.82) is 0 Å². The summed E-state index contributed by atoms with van der Waals surface area (Å²) in [5.74, 6) is 0.943. The van der Waals surface area contributed by atoms with Gasteiger partial charge in [-0.1, -0.05) is 29.8 Å². The number of hydrogen-bond acceptors (Lipinski definition) is 8. The molecule has 3 aromatic carbocycles. The fraction of sp³-hybridized carbons (Fsp3) is 0.341. The van der Waals surface area contributed by atoms with Gasteiger partial charge >= 0.3 is 0 Å². The summed E-state index contributed by atoms with van der Waals surface area (Å²) in [7, 11) is -0.311. The number of piperidine rings is 1. The van der Waals surface area contributed by atoms with Crippen molar-refractivity contribution >= 4 is 49.5 Å². The number of carbonyl (C=O) groups is 1. The molecule has 0 unspecified atom stereocenters. The maximum Gasteiger partial charge on any atom is 0.251 e. The van der Waals surface area contributed by atoms with Crippen LogP contribution in [0, 0.1) is 5.82 Å². The molecule has 56 heavy (non-hydrogen) atoms. The number of ether oxygens (including phenoxy) is 2. The maximum absolute atomic E-state index is 14.2. The van der Waals surface area contributed by atoms with Crippen LogP contribution in [0.25, 0.3) is 21.9 Å².